The average Bonchev–Trinajstić information content (AvgIpc) is 2.65. The first kappa shape index (κ1) is 20.8. The van der Waals surface area contributed by atoms with Crippen LogP contribution in [0.2, 0.25) is 0 Å². The summed E-state index contributed by atoms with van der Waals surface area (Å²) in [4.78, 5) is 23.6. The Morgan fingerprint density at radius 2 is 1.93 bits per heavy atom. The number of carbonyl (C=O) groups excluding carboxylic acids is 2. The Balaban J connectivity index is 1.97. The van der Waals surface area contributed by atoms with Gasteiger partial charge in [0.2, 0.25) is 0 Å². The van der Waals surface area contributed by atoms with Crippen LogP contribution >= 0.6 is 31.9 Å². The van der Waals surface area contributed by atoms with E-state index in [1.54, 1.807) is 6.92 Å². The molecule has 2 aromatic rings. The van der Waals surface area contributed by atoms with Crippen molar-refractivity contribution in [3.8, 4) is 11.5 Å². The van der Waals surface area contributed by atoms with Gasteiger partial charge >= 0.3 is 0 Å². The normalized spacial score (nSPS) is 10.8. The third-order valence-corrected chi connectivity index (χ3v) is 5.21. The van der Waals surface area contributed by atoms with E-state index < -0.39 is 17.6 Å². The second kappa shape index (κ2) is 8.96. The molecule has 0 aliphatic rings. The molecule has 0 bridgehead atoms. The molecule has 10 heteroatoms. The summed E-state index contributed by atoms with van der Waals surface area (Å²) >= 11 is 6.24. The van der Waals surface area contributed by atoms with E-state index in [0.29, 0.717) is 10.0 Å². The van der Waals surface area contributed by atoms with Gasteiger partial charge in [-0.1, -0.05) is 6.07 Å². The van der Waals surface area contributed by atoms with Crippen LogP contribution in [0.3, 0.4) is 0 Å². The Morgan fingerprint density at radius 3 is 2.59 bits per heavy atom. The Labute approximate surface area is 170 Å². The van der Waals surface area contributed by atoms with Gasteiger partial charge in [-0.25, -0.2) is 9.82 Å². The standard InChI is InChI=1S/C17H14Br2FN3O4/c1-8-11(15(25)14(19)16(26)13(8)18)6-22-23-12(24)7-21-17(27)9-3-2-4-10(20)5-9/h2-6,25-26H,7H2,1H3,(H,21,27)(H,23,24)/b22-6+. The molecule has 27 heavy (non-hydrogen) atoms. The van der Waals surface area contributed by atoms with Crippen LogP contribution in [0.25, 0.3) is 0 Å². The van der Waals surface area contributed by atoms with Gasteiger partial charge in [0.1, 0.15) is 21.8 Å². The molecule has 0 saturated carbocycles. The fraction of sp³-hybridized carbons (Fsp3) is 0.118. The number of phenolic OH excluding ortho intramolecular Hbond substituents is 2. The number of amides is 2. The SMILES string of the molecule is Cc1c(Br)c(O)c(Br)c(O)c1/C=N/NC(=O)CNC(=O)c1cccc(F)c1. The maximum atomic E-state index is 13.1. The summed E-state index contributed by atoms with van der Waals surface area (Å²) in [5.74, 6) is -2.19. The molecule has 0 radical (unpaired) electrons. The van der Waals surface area contributed by atoms with Crippen molar-refractivity contribution >= 4 is 49.9 Å². The third-order valence-electron chi connectivity index (χ3n) is 3.49. The van der Waals surface area contributed by atoms with Gasteiger partial charge in [0.15, 0.2) is 0 Å². The van der Waals surface area contributed by atoms with Gasteiger partial charge in [-0.15, -0.1) is 0 Å². The molecule has 142 valence electrons. The minimum atomic E-state index is -0.620. The fourth-order valence-corrected chi connectivity index (χ4v) is 3.15. The molecule has 0 aromatic heterocycles. The number of hydrogen-bond donors (Lipinski definition) is 4. The van der Waals surface area contributed by atoms with Crippen molar-refractivity contribution in [2.24, 2.45) is 5.10 Å². The van der Waals surface area contributed by atoms with Gasteiger partial charge in [-0.05, 0) is 62.5 Å². The summed E-state index contributed by atoms with van der Waals surface area (Å²) in [6.07, 6.45) is 1.20. The average molecular weight is 503 g/mol. The Kier molecular flexibility index (Phi) is 6.92. The first-order valence-electron chi connectivity index (χ1n) is 7.47. The van der Waals surface area contributed by atoms with Crippen molar-refractivity contribution in [3.05, 3.63) is 55.7 Å². The highest BCUT2D eigenvalue weighted by Crippen LogP contribution is 2.43. The minimum absolute atomic E-state index is 0.0788. The smallest absolute Gasteiger partial charge is 0.259 e. The number of nitrogens with zero attached hydrogens (tertiary/aromatic N) is 1. The molecule has 2 amide bonds. The molecule has 0 heterocycles. The van der Waals surface area contributed by atoms with Crippen LogP contribution in [0, 0.1) is 12.7 Å². The van der Waals surface area contributed by atoms with Crippen LogP contribution in [-0.4, -0.2) is 34.8 Å². The number of halogens is 3. The number of carbonyl (C=O) groups is 2. The quantitative estimate of drug-likeness (QED) is 0.372. The van der Waals surface area contributed by atoms with E-state index in [0.717, 1.165) is 6.07 Å². The summed E-state index contributed by atoms with van der Waals surface area (Å²) in [6.45, 7) is 1.26. The summed E-state index contributed by atoms with van der Waals surface area (Å²) in [5.41, 5.74) is 3.06. The van der Waals surface area contributed by atoms with Crippen LogP contribution in [0.4, 0.5) is 4.39 Å². The van der Waals surface area contributed by atoms with Crippen LogP contribution in [0.1, 0.15) is 21.5 Å². The Morgan fingerprint density at radius 1 is 1.22 bits per heavy atom. The number of benzene rings is 2. The molecular formula is C17H14Br2FN3O4. The molecule has 7 nitrogen and oxygen atoms in total. The molecular weight excluding hydrogens is 489 g/mol. The number of nitrogens with one attached hydrogen (secondary N) is 2. The van der Waals surface area contributed by atoms with E-state index in [2.05, 4.69) is 47.7 Å². The van der Waals surface area contributed by atoms with Gasteiger partial charge in [0.05, 0.1) is 17.2 Å². The summed E-state index contributed by atoms with van der Waals surface area (Å²) in [6, 6.07) is 5.06. The van der Waals surface area contributed by atoms with Crippen LogP contribution in [0.5, 0.6) is 11.5 Å². The van der Waals surface area contributed by atoms with Crippen molar-refractivity contribution in [2.45, 2.75) is 6.92 Å². The molecule has 0 aliphatic carbocycles. The van der Waals surface area contributed by atoms with Crippen LogP contribution < -0.4 is 10.7 Å². The van der Waals surface area contributed by atoms with E-state index in [9.17, 15) is 24.2 Å². The zero-order chi connectivity index (χ0) is 20.1. The molecule has 4 N–H and O–H groups in total. The highest BCUT2D eigenvalue weighted by molar-refractivity contribution is 9.11. The van der Waals surface area contributed by atoms with Crippen molar-refractivity contribution < 1.29 is 24.2 Å². The van der Waals surface area contributed by atoms with Crippen molar-refractivity contribution in [3.63, 3.8) is 0 Å². The molecule has 0 fully saturated rings. The van der Waals surface area contributed by atoms with Gasteiger partial charge in [-0.2, -0.15) is 5.10 Å². The predicted octanol–water partition coefficient (Wildman–Crippen LogP) is 2.95. The lowest BCUT2D eigenvalue weighted by Gasteiger charge is -2.11. The van der Waals surface area contributed by atoms with E-state index in [-0.39, 0.29) is 33.6 Å². The lowest BCUT2D eigenvalue weighted by atomic mass is 10.1. The predicted molar refractivity (Wildman–Crippen MR) is 104 cm³/mol. The molecule has 0 unspecified atom stereocenters. The molecule has 0 aliphatic heterocycles. The number of hydrogen-bond acceptors (Lipinski definition) is 5. The molecule has 0 atom stereocenters. The van der Waals surface area contributed by atoms with Gasteiger partial charge in [0, 0.05) is 11.1 Å². The number of rotatable bonds is 5. The minimum Gasteiger partial charge on any atom is -0.506 e. The van der Waals surface area contributed by atoms with Crippen LogP contribution in [0.15, 0.2) is 38.3 Å². The van der Waals surface area contributed by atoms with Crippen LogP contribution in [-0.2, 0) is 4.79 Å². The van der Waals surface area contributed by atoms with Crippen molar-refractivity contribution in [1.29, 1.82) is 0 Å². The van der Waals surface area contributed by atoms with Gasteiger partial charge < -0.3 is 15.5 Å². The highest BCUT2D eigenvalue weighted by Gasteiger charge is 2.17. The maximum Gasteiger partial charge on any atom is 0.259 e. The third kappa shape index (κ3) is 5.04. The van der Waals surface area contributed by atoms with Crippen molar-refractivity contribution in [1.82, 2.24) is 10.7 Å². The second-order valence-corrected chi connectivity index (χ2v) is 6.94. The molecule has 2 rings (SSSR count). The Bertz CT molecular complexity index is 906. The number of phenols is 2. The number of hydrazone groups is 1. The Hall–Kier alpha value is -2.46. The highest BCUT2D eigenvalue weighted by atomic mass is 79.9. The fourth-order valence-electron chi connectivity index (χ4n) is 2.06. The lowest BCUT2D eigenvalue weighted by Crippen LogP contribution is -2.34. The zero-order valence-corrected chi connectivity index (χ0v) is 17.1. The molecule has 0 spiro atoms. The van der Waals surface area contributed by atoms with Gasteiger partial charge in [-0.3, -0.25) is 9.59 Å². The van der Waals surface area contributed by atoms with E-state index in [1.807, 2.05) is 0 Å². The first-order chi connectivity index (χ1) is 12.7. The number of aromatic hydroxyl groups is 2. The van der Waals surface area contributed by atoms with Gasteiger partial charge in [0.25, 0.3) is 11.8 Å². The zero-order valence-electron chi connectivity index (χ0n) is 13.9. The lowest BCUT2D eigenvalue weighted by molar-refractivity contribution is -0.120. The van der Waals surface area contributed by atoms with E-state index in [1.165, 1.54) is 24.4 Å². The molecule has 2 aromatic carbocycles. The molecule has 0 saturated heterocycles. The monoisotopic (exact) mass is 501 g/mol. The summed E-state index contributed by atoms with van der Waals surface area (Å²) < 4.78 is 13.5. The topological polar surface area (TPSA) is 111 Å². The second-order valence-electron chi connectivity index (χ2n) is 5.35. The first-order valence-corrected chi connectivity index (χ1v) is 9.06. The summed E-state index contributed by atoms with van der Waals surface area (Å²) in [7, 11) is 0. The van der Waals surface area contributed by atoms with Crippen molar-refractivity contribution in [2.75, 3.05) is 6.54 Å². The maximum absolute atomic E-state index is 13.1. The van der Waals surface area contributed by atoms with E-state index in [4.69, 9.17) is 0 Å². The van der Waals surface area contributed by atoms with E-state index >= 15 is 0 Å². The largest absolute Gasteiger partial charge is 0.506 e. The summed E-state index contributed by atoms with van der Waals surface area (Å²) in [5, 5.41) is 25.9.